The molecule has 0 aliphatic carbocycles. The van der Waals surface area contributed by atoms with Crippen LogP contribution in [0, 0.1) is 11.6 Å². The first kappa shape index (κ1) is 17.6. The predicted molar refractivity (Wildman–Crippen MR) is 78.5 cm³/mol. The first-order chi connectivity index (χ1) is 9.60. The van der Waals surface area contributed by atoms with E-state index in [9.17, 15) is 18.4 Å². The van der Waals surface area contributed by atoms with E-state index in [1.54, 1.807) is 27.7 Å². The summed E-state index contributed by atoms with van der Waals surface area (Å²) >= 11 is 1.06. The van der Waals surface area contributed by atoms with Gasteiger partial charge in [-0.15, -0.1) is 11.8 Å². The topological polar surface area (TPSA) is 43.4 Å². The average Bonchev–Trinajstić information content (AvgIpc) is 2.33. The molecule has 0 heterocycles. The highest BCUT2D eigenvalue weighted by atomic mass is 32.2. The molecule has 21 heavy (non-hydrogen) atoms. The Kier molecular flexibility index (Phi) is 5.89. The maximum absolute atomic E-state index is 13.5. The monoisotopic (exact) mass is 316 g/mol. The summed E-state index contributed by atoms with van der Waals surface area (Å²) in [7, 11) is 0. The number of benzene rings is 1. The highest BCUT2D eigenvalue weighted by Gasteiger charge is 2.22. The Morgan fingerprint density at radius 2 is 1.90 bits per heavy atom. The third-order valence-electron chi connectivity index (χ3n) is 2.44. The zero-order chi connectivity index (χ0) is 16.2. The SMILES string of the molecule is CC(SCC(=O)OC(C)(C)C)C(=O)c1ccc(F)cc1F. The lowest BCUT2D eigenvalue weighted by atomic mass is 10.1. The Balaban J connectivity index is 2.61. The Morgan fingerprint density at radius 1 is 1.29 bits per heavy atom. The molecule has 0 aliphatic rings. The quantitative estimate of drug-likeness (QED) is 0.615. The summed E-state index contributed by atoms with van der Waals surface area (Å²) in [5.74, 6) is -2.57. The number of halogens is 2. The van der Waals surface area contributed by atoms with E-state index in [1.165, 1.54) is 0 Å². The van der Waals surface area contributed by atoms with E-state index in [2.05, 4.69) is 0 Å². The van der Waals surface area contributed by atoms with Gasteiger partial charge in [-0.05, 0) is 39.8 Å². The van der Waals surface area contributed by atoms with Crippen LogP contribution in [0.25, 0.3) is 0 Å². The molecule has 0 N–H and O–H groups in total. The van der Waals surface area contributed by atoms with Crippen LogP contribution in [0.2, 0.25) is 0 Å². The van der Waals surface area contributed by atoms with Gasteiger partial charge in [0.1, 0.15) is 17.2 Å². The van der Waals surface area contributed by atoms with E-state index < -0.39 is 34.2 Å². The number of esters is 1. The third kappa shape index (κ3) is 5.83. The number of hydrogen-bond acceptors (Lipinski definition) is 4. The van der Waals surface area contributed by atoms with Gasteiger partial charge in [-0.1, -0.05) is 0 Å². The number of carbonyl (C=O) groups excluding carboxylic acids is 2. The molecular formula is C15H18F2O3S. The van der Waals surface area contributed by atoms with Crippen molar-refractivity contribution >= 4 is 23.5 Å². The smallest absolute Gasteiger partial charge is 0.316 e. The number of hydrogen-bond donors (Lipinski definition) is 0. The minimum Gasteiger partial charge on any atom is -0.459 e. The van der Waals surface area contributed by atoms with Gasteiger partial charge in [0, 0.05) is 6.07 Å². The molecule has 0 spiro atoms. The van der Waals surface area contributed by atoms with Crippen LogP contribution >= 0.6 is 11.8 Å². The highest BCUT2D eigenvalue weighted by Crippen LogP contribution is 2.20. The van der Waals surface area contributed by atoms with Crippen LogP contribution in [-0.2, 0) is 9.53 Å². The largest absolute Gasteiger partial charge is 0.459 e. The standard InChI is InChI=1S/C15H18F2O3S/c1-9(21-8-13(18)20-15(2,3)4)14(19)11-6-5-10(16)7-12(11)17/h5-7,9H,8H2,1-4H3. The van der Waals surface area contributed by atoms with Crippen LogP contribution in [0.1, 0.15) is 38.1 Å². The van der Waals surface area contributed by atoms with Crippen molar-refractivity contribution < 1.29 is 23.1 Å². The van der Waals surface area contributed by atoms with Gasteiger partial charge < -0.3 is 4.74 Å². The third-order valence-corrected chi connectivity index (χ3v) is 3.55. The lowest BCUT2D eigenvalue weighted by Crippen LogP contribution is -2.26. The zero-order valence-electron chi connectivity index (χ0n) is 12.4. The number of carbonyl (C=O) groups is 2. The van der Waals surface area contributed by atoms with Crippen LogP contribution in [0.3, 0.4) is 0 Å². The van der Waals surface area contributed by atoms with E-state index >= 15 is 0 Å². The summed E-state index contributed by atoms with van der Waals surface area (Å²) in [6, 6.07) is 2.80. The number of Topliss-reactive ketones (excluding diaryl/α,β-unsaturated/α-hetero) is 1. The normalized spacial score (nSPS) is 12.9. The van der Waals surface area contributed by atoms with Crippen molar-refractivity contribution in [3.05, 3.63) is 35.4 Å². The van der Waals surface area contributed by atoms with Crippen LogP contribution in [0.5, 0.6) is 0 Å². The summed E-state index contributed by atoms with van der Waals surface area (Å²) in [4.78, 5) is 23.6. The molecule has 3 nitrogen and oxygen atoms in total. The molecule has 1 aromatic carbocycles. The van der Waals surface area contributed by atoms with Gasteiger partial charge >= 0.3 is 5.97 Å². The first-order valence-corrected chi connectivity index (χ1v) is 7.48. The number of ether oxygens (including phenoxy) is 1. The van der Waals surface area contributed by atoms with Crippen molar-refractivity contribution in [2.45, 2.75) is 38.5 Å². The molecule has 0 radical (unpaired) electrons. The summed E-state index contributed by atoms with van der Waals surface area (Å²) in [5, 5.41) is -0.627. The first-order valence-electron chi connectivity index (χ1n) is 6.43. The second-order valence-corrected chi connectivity index (χ2v) is 6.86. The number of ketones is 1. The van der Waals surface area contributed by atoms with Crippen molar-refractivity contribution in [1.29, 1.82) is 0 Å². The number of thioether (sulfide) groups is 1. The lowest BCUT2D eigenvalue weighted by Gasteiger charge is -2.19. The summed E-state index contributed by atoms with van der Waals surface area (Å²) in [6.07, 6.45) is 0. The minimum atomic E-state index is -0.898. The Labute approximate surface area is 127 Å². The highest BCUT2D eigenvalue weighted by molar-refractivity contribution is 8.01. The average molecular weight is 316 g/mol. The van der Waals surface area contributed by atoms with Crippen molar-refractivity contribution in [1.82, 2.24) is 0 Å². The second kappa shape index (κ2) is 7.02. The lowest BCUT2D eigenvalue weighted by molar-refractivity contribution is -0.151. The van der Waals surface area contributed by atoms with Gasteiger partial charge in [0.15, 0.2) is 5.78 Å². The Hall–Kier alpha value is -1.43. The molecule has 0 fully saturated rings. The van der Waals surface area contributed by atoms with Crippen molar-refractivity contribution in [3.63, 3.8) is 0 Å². The van der Waals surface area contributed by atoms with E-state index in [0.717, 1.165) is 23.9 Å². The molecule has 116 valence electrons. The Morgan fingerprint density at radius 3 is 2.43 bits per heavy atom. The van der Waals surface area contributed by atoms with E-state index in [1.807, 2.05) is 0 Å². The van der Waals surface area contributed by atoms with E-state index in [0.29, 0.717) is 6.07 Å². The van der Waals surface area contributed by atoms with E-state index in [-0.39, 0.29) is 11.3 Å². The fourth-order valence-electron chi connectivity index (χ4n) is 1.55. The van der Waals surface area contributed by atoms with Gasteiger partial charge in [0.25, 0.3) is 0 Å². The summed E-state index contributed by atoms with van der Waals surface area (Å²) in [6.45, 7) is 6.81. The summed E-state index contributed by atoms with van der Waals surface area (Å²) in [5.41, 5.74) is -0.769. The predicted octanol–water partition coefficient (Wildman–Crippen LogP) is 3.61. The van der Waals surface area contributed by atoms with Crippen LogP contribution < -0.4 is 0 Å². The second-order valence-electron chi connectivity index (χ2n) is 5.53. The maximum atomic E-state index is 13.5. The molecule has 1 rings (SSSR count). The molecule has 1 unspecified atom stereocenters. The van der Waals surface area contributed by atoms with Gasteiger partial charge in [-0.2, -0.15) is 0 Å². The van der Waals surface area contributed by atoms with Gasteiger partial charge in [0.05, 0.1) is 16.6 Å². The number of rotatable bonds is 5. The molecule has 6 heteroatoms. The molecule has 0 aliphatic heterocycles. The van der Waals surface area contributed by atoms with E-state index in [4.69, 9.17) is 4.74 Å². The van der Waals surface area contributed by atoms with Crippen molar-refractivity contribution in [2.75, 3.05) is 5.75 Å². The van der Waals surface area contributed by atoms with Crippen LogP contribution in [0.4, 0.5) is 8.78 Å². The van der Waals surface area contributed by atoms with Crippen molar-refractivity contribution in [2.24, 2.45) is 0 Å². The molecular weight excluding hydrogens is 298 g/mol. The fraction of sp³-hybridized carbons (Fsp3) is 0.467. The summed E-state index contributed by atoms with van der Waals surface area (Å²) < 4.78 is 31.4. The van der Waals surface area contributed by atoms with Crippen molar-refractivity contribution in [3.8, 4) is 0 Å². The molecule has 0 aromatic heterocycles. The van der Waals surface area contributed by atoms with Crippen LogP contribution in [0.15, 0.2) is 18.2 Å². The van der Waals surface area contributed by atoms with Crippen LogP contribution in [-0.4, -0.2) is 28.4 Å². The van der Waals surface area contributed by atoms with Gasteiger partial charge in [0.2, 0.25) is 0 Å². The molecule has 0 saturated carbocycles. The van der Waals surface area contributed by atoms with Gasteiger partial charge in [-0.25, -0.2) is 8.78 Å². The fourth-order valence-corrected chi connectivity index (χ4v) is 2.27. The Bertz CT molecular complexity index is 538. The molecule has 0 saturated heterocycles. The molecule has 1 atom stereocenters. The maximum Gasteiger partial charge on any atom is 0.316 e. The minimum absolute atomic E-state index is 0.00695. The molecule has 0 bridgehead atoms. The zero-order valence-corrected chi connectivity index (χ0v) is 13.2. The molecule has 1 aromatic rings. The molecule has 0 amide bonds. The van der Waals surface area contributed by atoms with Gasteiger partial charge in [-0.3, -0.25) is 9.59 Å².